The summed E-state index contributed by atoms with van der Waals surface area (Å²) in [7, 11) is 0. The second-order valence-electron chi connectivity index (χ2n) is 1.52. The molecule has 0 saturated carbocycles. The Morgan fingerprint density at radius 3 is 2.00 bits per heavy atom. The first-order valence-corrected chi connectivity index (χ1v) is 4.98. The monoisotopic (exact) mass is 208 g/mol. The van der Waals surface area contributed by atoms with Crippen LogP contribution in [-0.2, 0) is 27.9 Å². The molecule has 0 heterocycles. The Morgan fingerprint density at radius 1 is 1.64 bits per heavy atom. The van der Waals surface area contributed by atoms with E-state index in [1.165, 1.54) is 0 Å². The summed E-state index contributed by atoms with van der Waals surface area (Å²) >= 11 is 1.09. The molecule has 0 fully saturated rings. The topological polar surface area (TPSA) is 77.4 Å². The Labute approximate surface area is 74.6 Å². The van der Waals surface area contributed by atoms with Crippen molar-refractivity contribution < 1.29 is 38.1 Å². The quantitative estimate of drug-likeness (QED) is 0.495. The van der Waals surface area contributed by atoms with E-state index in [1.54, 1.807) is 0 Å². The van der Waals surface area contributed by atoms with E-state index in [1.807, 2.05) is 0 Å². The van der Waals surface area contributed by atoms with Crippen LogP contribution in [0.4, 0.5) is 0 Å². The van der Waals surface area contributed by atoms with Gasteiger partial charge in [-0.25, -0.2) is 0 Å². The molecule has 0 aromatic heterocycles. The van der Waals surface area contributed by atoms with E-state index in [9.17, 15) is 4.79 Å². The average molecular weight is 210 g/mol. The Morgan fingerprint density at radius 2 is 2.00 bits per heavy atom. The van der Waals surface area contributed by atoms with Gasteiger partial charge in [-0.3, -0.25) is 0 Å². The van der Waals surface area contributed by atoms with Gasteiger partial charge in [-0.05, 0) is 6.08 Å². The van der Waals surface area contributed by atoms with Crippen molar-refractivity contribution in [3.8, 4) is 0 Å². The van der Waals surface area contributed by atoms with Gasteiger partial charge in [0, 0.05) is 0 Å². The SMILES string of the molecule is C=CC(=O)[O-].O=C(O)C[CH2][Zn+]. The second-order valence-corrected chi connectivity index (χ2v) is 3.00. The van der Waals surface area contributed by atoms with Crippen LogP contribution < -0.4 is 5.11 Å². The summed E-state index contributed by atoms with van der Waals surface area (Å²) in [4.78, 5) is 18.8. The van der Waals surface area contributed by atoms with Crippen molar-refractivity contribution in [3.63, 3.8) is 0 Å². The molecule has 58 valence electrons. The maximum absolute atomic E-state index is 9.62. The fourth-order valence-electron chi connectivity index (χ4n) is 0.151. The van der Waals surface area contributed by atoms with Crippen LogP contribution in [0, 0.1) is 0 Å². The minimum atomic E-state index is -1.23. The molecule has 0 amide bonds. The summed E-state index contributed by atoms with van der Waals surface area (Å²) in [6.45, 7) is 2.90. The summed E-state index contributed by atoms with van der Waals surface area (Å²) in [5, 5.41) is 17.9. The molecule has 0 aromatic carbocycles. The van der Waals surface area contributed by atoms with Crippen LogP contribution in [0.3, 0.4) is 0 Å². The molecule has 0 bridgehead atoms. The zero-order valence-corrected chi connectivity index (χ0v) is 9.04. The molecule has 0 rings (SSSR count). The van der Waals surface area contributed by atoms with Gasteiger partial charge in [-0.1, -0.05) is 6.58 Å². The zero-order chi connectivity index (χ0) is 9.28. The molecule has 0 radical (unpaired) electrons. The normalized spacial score (nSPS) is 7.45. The Hall–Kier alpha value is -0.697. The fourth-order valence-corrected chi connectivity index (χ4v) is 0.786. The predicted octanol–water partition coefficient (Wildman–Crippen LogP) is -0.652. The summed E-state index contributed by atoms with van der Waals surface area (Å²) in [6, 6.07) is 0. The number of carboxylic acid groups (broad SMARTS) is 2. The molecule has 1 N–H and O–H groups in total. The number of aliphatic carboxylic acids is 2. The third kappa shape index (κ3) is 26.8. The van der Waals surface area contributed by atoms with Crippen LogP contribution in [0.25, 0.3) is 0 Å². The van der Waals surface area contributed by atoms with E-state index in [-0.39, 0.29) is 0 Å². The van der Waals surface area contributed by atoms with Crippen molar-refractivity contribution in [2.45, 2.75) is 11.4 Å². The average Bonchev–Trinajstić information content (AvgIpc) is 1.89. The number of carbonyl (C=O) groups excluding carboxylic acids is 1. The van der Waals surface area contributed by atoms with Crippen molar-refractivity contribution in [1.82, 2.24) is 0 Å². The van der Waals surface area contributed by atoms with Crippen LogP contribution in [0.15, 0.2) is 12.7 Å². The first-order chi connectivity index (χ1) is 5.04. The summed E-state index contributed by atoms with van der Waals surface area (Å²) in [5.74, 6) is -1.91. The van der Waals surface area contributed by atoms with Gasteiger partial charge in [0.1, 0.15) is 0 Å². The van der Waals surface area contributed by atoms with E-state index in [2.05, 4.69) is 6.58 Å². The Balaban J connectivity index is 0. The Bertz CT molecular complexity index is 144. The molecular weight excluding hydrogens is 201 g/mol. The van der Waals surface area contributed by atoms with Crippen LogP contribution in [0.5, 0.6) is 0 Å². The summed E-state index contributed by atoms with van der Waals surface area (Å²) in [5.41, 5.74) is 0. The maximum atomic E-state index is 9.62. The first kappa shape index (κ1) is 12.9. The summed E-state index contributed by atoms with van der Waals surface area (Å²) < 4.78 is 0. The van der Waals surface area contributed by atoms with Gasteiger partial charge in [0.25, 0.3) is 0 Å². The molecule has 0 unspecified atom stereocenters. The fraction of sp³-hybridized carbons (Fsp3) is 0.333. The molecule has 0 aliphatic heterocycles. The molecule has 0 aromatic rings. The molecule has 0 saturated heterocycles. The van der Waals surface area contributed by atoms with Crippen LogP contribution in [0.2, 0.25) is 5.02 Å². The van der Waals surface area contributed by atoms with E-state index < -0.39 is 11.9 Å². The van der Waals surface area contributed by atoms with Gasteiger partial charge < -0.3 is 9.90 Å². The molecule has 5 heteroatoms. The molecule has 0 aliphatic rings. The van der Waals surface area contributed by atoms with Crippen LogP contribution in [-0.4, -0.2) is 17.0 Å². The molecule has 0 spiro atoms. The van der Waals surface area contributed by atoms with E-state index in [0.29, 0.717) is 6.42 Å². The molecule has 0 aliphatic carbocycles. The third-order valence-corrected chi connectivity index (χ3v) is 1.30. The second kappa shape index (κ2) is 9.30. The molecule has 4 nitrogen and oxygen atoms in total. The van der Waals surface area contributed by atoms with Crippen molar-refractivity contribution in [2.24, 2.45) is 0 Å². The van der Waals surface area contributed by atoms with Gasteiger partial charge in [0.05, 0.1) is 5.97 Å². The summed E-state index contributed by atoms with van der Waals surface area (Å²) in [6.07, 6.45) is 1.07. The molecule has 0 atom stereocenters. The van der Waals surface area contributed by atoms with E-state index in [4.69, 9.17) is 15.0 Å². The first-order valence-electron chi connectivity index (χ1n) is 2.89. The van der Waals surface area contributed by atoms with Gasteiger partial charge in [0.15, 0.2) is 0 Å². The van der Waals surface area contributed by atoms with Crippen LogP contribution >= 0.6 is 0 Å². The predicted molar refractivity (Wildman–Crippen MR) is 32.3 cm³/mol. The van der Waals surface area contributed by atoms with Gasteiger partial charge in [-0.15, -0.1) is 0 Å². The Kier molecular flexibility index (Phi) is 10.9. The van der Waals surface area contributed by atoms with Gasteiger partial charge in [-0.2, -0.15) is 0 Å². The number of carbonyl (C=O) groups is 2. The van der Waals surface area contributed by atoms with E-state index >= 15 is 0 Å². The number of hydrogen-bond donors (Lipinski definition) is 1. The van der Waals surface area contributed by atoms with Crippen LogP contribution in [0.1, 0.15) is 6.42 Å². The van der Waals surface area contributed by atoms with Crippen molar-refractivity contribution in [1.29, 1.82) is 0 Å². The van der Waals surface area contributed by atoms with Crippen molar-refractivity contribution >= 4 is 11.9 Å². The number of carboxylic acids is 2. The third-order valence-electron chi connectivity index (χ3n) is 0.557. The molecular formula is C6H8O4Zn. The van der Waals surface area contributed by atoms with Crippen molar-refractivity contribution in [2.75, 3.05) is 0 Å². The van der Waals surface area contributed by atoms with Crippen molar-refractivity contribution in [3.05, 3.63) is 12.7 Å². The number of rotatable bonds is 3. The number of hydrogen-bond acceptors (Lipinski definition) is 3. The van der Waals surface area contributed by atoms with Gasteiger partial charge in [0.2, 0.25) is 0 Å². The minimum absolute atomic E-state index is 0.347. The van der Waals surface area contributed by atoms with E-state index in [0.717, 1.165) is 29.4 Å². The molecule has 11 heavy (non-hydrogen) atoms. The standard InChI is InChI=1S/C3H5O2.C3H4O2.Zn/c2*1-2-3(4)5;/h1-2H2,(H,4,5);2H,1H2,(H,4,5);/q;;+1/p-1. The van der Waals surface area contributed by atoms with Gasteiger partial charge >= 0.3 is 45.6 Å². The zero-order valence-electron chi connectivity index (χ0n) is 6.08.